The molecule has 0 radical (unpaired) electrons. The summed E-state index contributed by atoms with van der Waals surface area (Å²) < 4.78 is 103. The Labute approximate surface area is 283 Å². The maximum Gasteiger partial charge on any atom is 0.426 e. The Hall–Kier alpha value is -4.41. The van der Waals surface area contributed by atoms with Crippen LogP contribution in [0.15, 0.2) is 34.7 Å². The summed E-state index contributed by atoms with van der Waals surface area (Å²) in [5, 5.41) is 27.6. The first-order valence-corrected chi connectivity index (χ1v) is 16.0. The summed E-state index contributed by atoms with van der Waals surface area (Å²) in [5.41, 5.74) is -5.91. The number of carboxylic acid groups (broad SMARTS) is 1. The number of carbonyl (C=O) groups excluding carboxylic acids is 1. The molecule has 0 fully saturated rings. The summed E-state index contributed by atoms with van der Waals surface area (Å²) in [6.45, 7) is 7.39. The van der Waals surface area contributed by atoms with Crippen LogP contribution in [0.1, 0.15) is 95.2 Å². The number of unbranched alkanes of at least 4 members (excludes halogenated alkanes) is 1. The highest BCUT2D eigenvalue weighted by molar-refractivity contribution is 6.10. The molecular formula is C33H38F6N4O7. The predicted octanol–water partition coefficient (Wildman–Crippen LogP) is 8.57. The SMILES string of the molecule is CCCCOC(=O)N(C(=O)O)c1cc(C(F)(F)F)c2nc1-c1nnc(o1)[C@@](O)(C(F)(F)F)CCCCCC(Cc1cccc(C(C)(C)C)c1)O2. The average Bonchev–Trinajstić information content (AvgIpc) is 3.50. The lowest BCUT2D eigenvalue weighted by Gasteiger charge is -2.27. The number of hydrogen-bond acceptors (Lipinski definition) is 9. The summed E-state index contributed by atoms with van der Waals surface area (Å²) in [4.78, 5) is 29.0. The van der Waals surface area contributed by atoms with Gasteiger partial charge in [0.1, 0.15) is 11.7 Å². The zero-order valence-electron chi connectivity index (χ0n) is 27.8. The third-order valence-electron chi connectivity index (χ3n) is 8.16. The standard InChI is InChI=1S/C33H38F6N4O7/c1-5-6-15-48-29(46)43(28(44)45)23-18-22(32(34,35)36)25-40-24(23)26-41-42-27(50-26)31(47,33(37,38)39)14-9-7-8-13-21(49-25)17-19-11-10-12-20(16-19)30(2,3)4/h10-12,16,18,21,47H,5-9,13-15,17H2,1-4H3,(H,44,45)/t21?,31-/m1/s1. The maximum absolute atomic E-state index is 14.7. The van der Waals surface area contributed by atoms with Crippen LogP contribution in [0.2, 0.25) is 0 Å². The molecule has 1 unspecified atom stereocenters. The van der Waals surface area contributed by atoms with Crippen LogP contribution in [0, 0.1) is 0 Å². The highest BCUT2D eigenvalue weighted by Crippen LogP contribution is 2.46. The Balaban J connectivity index is 1.95. The van der Waals surface area contributed by atoms with E-state index in [9.17, 15) is 46.1 Å². The van der Waals surface area contributed by atoms with Crippen LogP contribution in [0.25, 0.3) is 11.6 Å². The van der Waals surface area contributed by atoms with E-state index in [0.717, 1.165) is 5.56 Å². The lowest BCUT2D eigenvalue weighted by molar-refractivity contribution is -0.277. The largest absolute Gasteiger partial charge is 0.474 e. The Bertz CT molecular complexity index is 1670. The highest BCUT2D eigenvalue weighted by Gasteiger charge is 2.58. The van der Waals surface area contributed by atoms with Crippen molar-refractivity contribution in [2.24, 2.45) is 0 Å². The van der Waals surface area contributed by atoms with Gasteiger partial charge < -0.3 is 24.1 Å². The van der Waals surface area contributed by atoms with Crippen LogP contribution in [-0.4, -0.2) is 56.5 Å². The number of fused-ring (bicyclic) bond motifs is 5. The number of aliphatic hydroxyl groups is 1. The van der Waals surface area contributed by atoms with Crippen molar-refractivity contribution in [3.05, 3.63) is 52.9 Å². The first-order valence-electron chi connectivity index (χ1n) is 16.0. The van der Waals surface area contributed by atoms with Gasteiger partial charge in [0, 0.05) is 6.42 Å². The number of ether oxygens (including phenoxy) is 2. The molecule has 274 valence electrons. The fourth-order valence-corrected chi connectivity index (χ4v) is 5.33. The van der Waals surface area contributed by atoms with Gasteiger partial charge in [0.25, 0.3) is 11.8 Å². The van der Waals surface area contributed by atoms with Crippen LogP contribution >= 0.6 is 0 Å². The molecule has 3 heterocycles. The van der Waals surface area contributed by atoms with Gasteiger partial charge in [-0.2, -0.15) is 31.2 Å². The summed E-state index contributed by atoms with van der Waals surface area (Å²) in [7, 11) is 0. The average molecular weight is 717 g/mol. The van der Waals surface area contributed by atoms with Crippen molar-refractivity contribution in [3.63, 3.8) is 0 Å². The molecule has 2 atom stereocenters. The van der Waals surface area contributed by atoms with E-state index in [4.69, 9.17) is 13.9 Å². The fourth-order valence-electron chi connectivity index (χ4n) is 5.33. The lowest BCUT2D eigenvalue weighted by Crippen LogP contribution is -2.42. The zero-order valence-corrected chi connectivity index (χ0v) is 27.8. The molecule has 2 amide bonds. The minimum absolute atomic E-state index is 0.0716. The monoisotopic (exact) mass is 716 g/mol. The number of aromatic nitrogens is 3. The summed E-state index contributed by atoms with van der Waals surface area (Å²) >= 11 is 0. The van der Waals surface area contributed by atoms with Gasteiger partial charge in [-0.3, -0.25) is 0 Å². The molecule has 17 heteroatoms. The van der Waals surface area contributed by atoms with Gasteiger partial charge in [-0.1, -0.05) is 64.8 Å². The van der Waals surface area contributed by atoms with Gasteiger partial charge in [-0.25, -0.2) is 14.6 Å². The number of benzene rings is 1. The van der Waals surface area contributed by atoms with Crippen molar-refractivity contribution in [2.45, 2.75) is 109 Å². The second-order valence-corrected chi connectivity index (χ2v) is 13.1. The second kappa shape index (κ2) is 14.8. The minimum atomic E-state index is -5.32. The molecule has 3 aromatic rings. The van der Waals surface area contributed by atoms with Gasteiger partial charge in [0.15, 0.2) is 5.69 Å². The summed E-state index contributed by atoms with van der Waals surface area (Å²) in [5.74, 6) is -3.44. The van der Waals surface area contributed by atoms with Crippen molar-refractivity contribution < 1.29 is 60.0 Å². The van der Waals surface area contributed by atoms with E-state index in [1.165, 1.54) is 0 Å². The number of rotatable bonds is 6. The molecule has 0 aliphatic carbocycles. The summed E-state index contributed by atoms with van der Waals surface area (Å²) in [6.07, 6.45) is -15.1. The lowest BCUT2D eigenvalue weighted by atomic mass is 9.85. The van der Waals surface area contributed by atoms with Gasteiger partial charge in [0.2, 0.25) is 11.5 Å². The zero-order chi connectivity index (χ0) is 37.1. The second-order valence-electron chi connectivity index (χ2n) is 13.1. The highest BCUT2D eigenvalue weighted by atomic mass is 19.4. The minimum Gasteiger partial charge on any atom is -0.474 e. The van der Waals surface area contributed by atoms with E-state index >= 15 is 0 Å². The van der Waals surface area contributed by atoms with E-state index in [-0.39, 0.29) is 61.5 Å². The van der Waals surface area contributed by atoms with Crippen LogP contribution in [0.4, 0.5) is 41.6 Å². The number of amides is 2. The summed E-state index contributed by atoms with van der Waals surface area (Å²) in [6, 6.07) is 7.56. The molecule has 4 bridgehead atoms. The Morgan fingerprint density at radius 1 is 1.06 bits per heavy atom. The number of pyridine rings is 1. The van der Waals surface area contributed by atoms with E-state index in [1.54, 1.807) is 19.1 Å². The van der Waals surface area contributed by atoms with Crippen LogP contribution in [-0.2, 0) is 28.4 Å². The molecular weight excluding hydrogens is 678 g/mol. The predicted molar refractivity (Wildman–Crippen MR) is 166 cm³/mol. The topological polar surface area (TPSA) is 148 Å². The van der Waals surface area contributed by atoms with E-state index in [2.05, 4.69) is 15.2 Å². The normalized spacial score (nSPS) is 18.9. The number of imide groups is 1. The van der Waals surface area contributed by atoms with Crippen molar-refractivity contribution in [1.82, 2.24) is 15.2 Å². The van der Waals surface area contributed by atoms with E-state index in [0.29, 0.717) is 12.0 Å². The molecule has 2 N–H and O–H groups in total. The van der Waals surface area contributed by atoms with Crippen molar-refractivity contribution >= 4 is 17.9 Å². The quantitative estimate of drug-likeness (QED) is 0.188. The smallest absolute Gasteiger partial charge is 0.426 e. The molecule has 1 aliphatic heterocycles. The molecule has 0 spiro atoms. The van der Waals surface area contributed by atoms with Crippen molar-refractivity contribution in [1.29, 1.82) is 0 Å². The molecule has 0 saturated heterocycles. The van der Waals surface area contributed by atoms with E-state index < -0.39 is 77.3 Å². The Kier molecular flexibility index (Phi) is 11.4. The third-order valence-corrected chi connectivity index (χ3v) is 8.16. The third kappa shape index (κ3) is 8.65. The number of hydrogen-bond donors (Lipinski definition) is 2. The number of anilines is 1. The maximum atomic E-state index is 14.7. The van der Waals surface area contributed by atoms with Crippen LogP contribution in [0.5, 0.6) is 5.88 Å². The van der Waals surface area contributed by atoms with Crippen LogP contribution < -0.4 is 9.64 Å². The van der Waals surface area contributed by atoms with Crippen molar-refractivity contribution in [2.75, 3.05) is 11.5 Å². The molecule has 0 saturated carbocycles. The molecule has 1 aromatic carbocycles. The number of halogens is 6. The number of carbonyl (C=O) groups is 2. The van der Waals surface area contributed by atoms with E-state index in [1.807, 2.05) is 32.9 Å². The molecule has 2 aromatic heterocycles. The van der Waals surface area contributed by atoms with Crippen LogP contribution in [0.3, 0.4) is 0 Å². The molecule has 4 rings (SSSR count). The number of nitrogens with zero attached hydrogens (tertiary/aromatic N) is 4. The Morgan fingerprint density at radius 2 is 1.78 bits per heavy atom. The van der Waals surface area contributed by atoms with Crippen molar-refractivity contribution in [3.8, 4) is 17.5 Å². The molecule has 11 nitrogen and oxygen atoms in total. The van der Waals surface area contributed by atoms with Gasteiger partial charge in [-0.05, 0) is 54.7 Å². The Morgan fingerprint density at radius 3 is 2.40 bits per heavy atom. The molecule has 1 aliphatic rings. The fraction of sp³-hybridized carbons (Fsp3) is 0.545. The van der Waals surface area contributed by atoms with Gasteiger partial charge >= 0.3 is 24.5 Å². The number of alkyl halides is 6. The van der Waals surface area contributed by atoms with Gasteiger partial charge in [0.05, 0.1) is 12.3 Å². The molecule has 50 heavy (non-hydrogen) atoms. The first kappa shape index (κ1) is 38.4. The first-order chi connectivity index (χ1) is 23.3. The van der Waals surface area contributed by atoms with Gasteiger partial charge in [-0.15, -0.1) is 10.2 Å².